The molecular weight excluding hydrogens is 556 g/mol. The second kappa shape index (κ2) is 14.8. The Bertz CT molecular complexity index is 1350. The van der Waals surface area contributed by atoms with Crippen LogP contribution in [0.3, 0.4) is 0 Å². The maximum absolute atomic E-state index is 13.4. The molecular formula is C27H33F2N7O6. The smallest absolute Gasteiger partial charge is 0.267 e. The molecule has 0 atom stereocenters. The molecule has 6 amide bonds. The van der Waals surface area contributed by atoms with Crippen molar-refractivity contribution in [3.63, 3.8) is 0 Å². The number of anilines is 1. The number of halogens is 2. The monoisotopic (exact) mass is 589 g/mol. The fourth-order valence-corrected chi connectivity index (χ4v) is 4.23. The van der Waals surface area contributed by atoms with E-state index in [1.54, 1.807) is 18.2 Å². The summed E-state index contributed by atoms with van der Waals surface area (Å²) < 4.78 is 26.8. The summed E-state index contributed by atoms with van der Waals surface area (Å²) in [4.78, 5) is 77.2. The van der Waals surface area contributed by atoms with Gasteiger partial charge in [-0.15, -0.1) is 0 Å². The number of hydrogen-bond donors (Lipinski definition) is 5. The second-order valence-electron chi connectivity index (χ2n) is 9.73. The van der Waals surface area contributed by atoms with E-state index in [2.05, 4.69) is 26.3 Å². The minimum absolute atomic E-state index is 0.0797. The molecule has 2 heterocycles. The number of benzene rings is 1. The van der Waals surface area contributed by atoms with Crippen LogP contribution in [0.5, 0.6) is 0 Å². The number of amides is 6. The van der Waals surface area contributed by atoms with Gasteiger partial charge in [0.25, 0.3) is 11.8 Å². The highest BCUT2D eigenvalue weighted by Gasteiger charge is 2.40. The molecule has 1 aliphatic rings. The van der Waals surface area contributed by atoms with Crippen molar-refractivity contribution in [1.82, 2.24) is 25.8 Å². The zero-order chi connectivity index (χ0) is 30.7. The normalized spacial score (nSPS) is 13.8. The summed E-state index contributed by atoms with van der Waals surface area (Å²) in [5.41, 5.74) is 5.81. The van der Waals surface area contributed by atoms with E-state index in [9.17, 15) is 37.5 Å². The van der Waals surface area contributed by atoms with Gasteiger partial charge < -0.3 is 31.9 Å². The number of nitrogens with two attached hydrogens (primary N) is 1. The van der Waals surface area contributed by atoms with Gasteiger partial charge in [0.1, 0.15) is 0 Å². The second-order valence-corrected chi connectivity index (χ2v) is 9.73. The molecule has 1 aromatic carbocycles. The quantitative estimate of drug-likeness (QED) is 0.197. The fraction of sp³-hybridized carbons (Fsp3) is 0.444. The van der Waals surface area contributed by atoms with Gasteiger partial charge in [0.15, 0.2) is 0 Å². The Morgan fingerprint density at radius 2 is 1.60 bits per heavy atom. The van der Waals surface area contributed by atoms with Crippen LogP contribution in [-0.2, 0) is 24.0 Å². The van der Waals surface area contributed by atoms with Crippen molar-refractivity contribution >= 4 is 52.0 Å². The van der Waals surface area contributed by atoms with E-state index in [1.807, 2.05) is 0 Å². The third kappa shape index (κ3) is 9.74. The molecule has 0 bridgehead atoms. The number of aromatic nitrogens is 1. The summed E-state index contributed by atoms with van der Waals surface area (Å²) in [6.07, 6.45) is 1.30. The van der Waals surface area contributed by atoms with E-state index in [0.717, 1.165) is 4.90 Å². The van der Waals surface area contributed by atoms with Gasteiger partial charge in [-0.25, -0.2) is 8.78 Å². The highest BCUT2D eigenvalue weighted by atomic mass is 19.3. The average Bonchev–Trinajstić information content (AvgIpc) is 3.32. The molecule has 2 aromatic rings. The van der Waals surface area contributed by atoms with E-state index >= 15 is 0 Å². The molecule has 1 saturated heterocycles. The highest BCUT2D eigenvalue weighted by Crippen LogP contribution is 2.27. The number of carbonyl (C=O) groups excluding carboxylic acids is 6. The van der Waals surface area contributed by atoms with Gasteiger partial charge in [-0.3, -0.25) is 33.8 Å². The summed E-state index contributed by atoms with van der Waals surface area (Å²) in [6, 6.07) is 6.23. The van der Waals surface area contributed by atoms with E-state index in [1.165, 1.54) is 12.3 Å². The number of para-hydroxylation sites is 1. The van der Waals surface area contributed by atoms with E-state index in [4.69, 9.17) is 5.73 Å². The minimum Gasteiger partial charge on any atom is -0.370 e. The van der Waals surface area contributed by atoms with E-state index < -0.39 is 55.0 Å². The van der Waals surface area contributed by atoms with Gasteiger partial charge >= 0.3 is 0 Å². The molecule has 226 valence electrons. The van der Waals surface area contributed by atoms with Crippen molar-refractivity contribution in [2.45, 2.75) is 44.4 Å². The van der Waals surface area contributed by atoms with Gasteiger partial charge in [-0.05, 0) is 18.6 Å². The first-order chi connectivity index (χ1) is 19.9. The molecule has 15 heteroatoms. The Balaban J connectivity index is 1.46. The number of likely N-dealkylation sites (tertiary alicyclic amines) is 1. The van der Waals surface area contributed by atoms with Crippen molar-refractivity contribution in [2.75, 3.05) is 38.0 Å². The van der Waals surface area contributed by atoms with Crippen LogP contribution in [0, 0.1) is 0 Å². The summed E-state index contributed by atoms with van der Waals surface area (Å²) in [7, 11) is 0. The highest BCUT2D eigenvalue weighted by molar-refractivity contribution is 6.10. The van der Waals surface area contributed by atoms with Crippen molar-refractivity contribution < 1.29 is 37.5 Å². The van der Waals surface area contributed by atoms with E-state index in [0.29, 0.717) is 23.0 Å². The van der Waals surface area contributed by atoms with Crippen LogP contribution in [-0.4, -0.2) is 84.0 Å². The third-order valence-electron chi connectivity index (χ3n) is 6.39. The summed E-state index contributed by atoms with van der Waals surface area (Å²) in [6.45, 7) is -0.850. The first-order valence-corrected chi connectivity index (χ1v) is 13.4. The predicted octanol–water partition coefficient (Wildman–Crippen LogP) is 0.439. The van der Waals surface area contributed by atoms with Crippen LogP contribution < -0.4 is 27.0 Å². The van der Waals surface area contributed by atoms with Gasteiger partial charge in [-0.1, -0.05) is 12.1 Å². The van der Waals surface area contributed by atoms with Crippen LogP contribution in [0.4, 0.5) is 14.5 Å². The summed E-state index contributed by atoms with van der Waals surface area (Å²) in [5.74, 6) is -5.76. The van der Waals surface area contributed by atoms with Crippen LogP contribution in [0.25, 0.3) is 10.9 Å². The molecule has 6 N–H and O–H groups in total. The standard InChI is InChI=1S/C27H33F2N7O6/c28-27(29)10-14-36(16-27)24(41)15-34-26(42)18-9-11-33-25-17(18)3-1-4-19(25)35-23(40)8-7-22(39)32-13-12-31-21(38)6-2-5-20(30)37/h1,3-4,9,11H,2,5-8,10,12-16H2,(H2,30,37)(H,31,38)(H,32,39)(H,34,42)(H,35,40). The Hall–Kier alpha value is -4.69. The maximum atomic E-state index is 13.4. The third-order valence-corrected chi connectivity index (χ3v) is 6.39. The molecule has 0 radical (unpaired) electrons. The predicted molar refractivity (Wildman–Crippen MR) is 147 cm³/mol. The van der Waals surface area contributed by atoms with Crippen molar-refractivity contribution in [3.8, 4) is 0 Å². The fourth-order valence-electron chi connectivity index (χ4n) is 4.23. The average molecular weight is 590 g/mol. The molecule has 0 unspecified atom stereocenters. The lowest BCUT2D eigenvalue weighted by Gasteiger charge is -2.16. The van der Waals surface area contributed by atoms with Crippen LogP contribution in [0.2, 0.25) is 0 Å². The molecule has 0 aliphatic carbocycles. The lowest BCUT2D eigenvalue weighted by molar-refractivity contribution is -0.130. The molecule has 1 fully saturated rings. The topological polar surface area (TPSA) is 193 Å². The number of primary amides is 1. The molecule has 1 aromatic heterocycles. The number of pyridine rings is 1. The zero-order valence-corrected chi connectivity index (χ0v) is 22.8. The largest absolute Gasteiger partial charge is 0.370 e. The Morgan fingerprint density at radius 3 is 2.26 bits per heavy atom. The number of alkyl halides is 2. The minimum atomic E-state index is -2.93. The summed E-state index contributed by atoms with van der Waals surface area (Å²) >= 11 is 0. The van der Waals surface area contributed by atoms with Gasteiger partial charge in [0.05, 0.1) is 29.9 Å². The first-order valence-electron chi connectivity index (χ1n) is 13.4. The van der Waals surface area contributed by atoms with Gasteiger partial charge in [0, 0.05) is 63.3 Å². The summed E-state index contributed by atoms with van der Waals surface area (Å²) in [5, 5.41) is 10.7. The first kappa shape index (κ1) is 31.8. The number of carbonyl (C=O) groups is 6. The Kier molecular flexibility index (Phi) is 11.2. The molecule has 13 nitrogen and oxygen atoms in total. The van der Waals surface area contributed by atoms with E-state index in [-0.39, 0.29) is 56.8 Å². The number of nitrogens with one attached hydrogen (secondary N) is 4. The number of nitrogens with zero attached hydrogens (tertiary/aromatic N) is 2. The van der Waals surface area contributed by atoms with Gasteiger partial charge in [-0.2, -0.15) is 0 Å². The zero-order valence-electron chi connectivity index (χ0n) is 22.8. The maximum Gasteiger partial charge on any atom is 0.267 e. The molecule has 3 rings (SSSR count). The Morgan fingerprint density at radius 1 is 0.905 bits per heavy atom. The number of fused-ring (bicyclic) bond motifs is 1. The van der Waals surface area contributed by atoms with Crippen LogP contribution >= 0.6 is 0 Å². The van der Waals surface area contributed by atoms with Crippen molar-refractivity contribution in [1.29, 1.82) is 0 Å². The lowest BCUT2D eigenvalue weighted by Crippen LogP contribution is -2.40. The molecule has 1 aliphatic heterocycles. The van der Waals surface area contributed by atoms with Gasteiger partial charge in [0.2, 0.25) is 29.5 Å². The van der Waals surface area contributed by atoms with Crippen molar-refractivity contribution in [3.05, 3.63) is 36.0 Å². The Labute approximate surface area is 239 Å². The lowest BCUT2D eigenvalue weighted by atomic mass is 10.1. The van der Waals surface area contributed by atoms with Crippen LogP contribution in [0.15, 0.2) is 30.5 Å². The van der Waals surface area contributed by atoms with Crippen LogP contribution in [0.1, 0.15) is 48.9 Å². The molecule has 0 spiro atoms. The van der Waals surface area contributed by atoms with Crippen molar-refractivity contribution in [2.24, 2.45) is 5.73 Å². The number of hydrogen-bond acceptors (Lipinski definition) is 7. The molecule has 42 heavy (non-hydrogen) atoms. The molecule has 0 saturated carbocycles. The SMILES string of the molecule is NC(=O)CCCC(=O)NCCNC(=O)CCC(=O)Nc1cccc2c(C(=O)NCC(=O)N3CCC(F)(F)C3)ccnc12. The number of rotatable bonds is 14.